The molecule has 0 radical (unpaired) electrons. The maximum atomic E-state index is 12.6. The van der Waals surface area contributed by atoms with E-state index in [2.05, 4.69) is 5.32 Å². The molecule has 0 fully saturated rings. The molecule has 0 atom stereocenters. The van der Waals surface area contributed by atoms with Crippen LogP contribution in [0.25, 0.3) is 22.2 Å². The van der Waals surface area contributed by atoms with Gasteiger partial charge in [-0.05, 0) is 49.4 Å². The molecule has 0 bridgehead atoms. The van der Waals surface area contributed by atoms with Gasteiger partial charge in [0.25, 0.3) is 0 Å². The number of carbonyl (C=O) groups is 1. The summed E-state index contributed by atoms with van der Waals surface area (Å²) in [5.74, 6) is 0.612. The van der Waals surface area contributed by atoms with Crippen molar-refractivity contribution in [1.82, 2.24) is 9.78 Å². The highest BCUT2D eigenvalue weighted by atomic mass is 35.5. The first kappa shape index (κ1) is 19.0. The Balaban J connectivity index is 1.60. The molecule has 29 heavy (non-hydrogen) atoms. The number of carbonyl (C=O) groups excluding carboxylic acids is 1. The molecule has 0 saturated carbocycles. The zero-order chi connectivity index (χ0) is 20.2. The van der Waals surface area contributed by atoms with Gasteiger partial charge in [-0.25, -0.2) is 0 Å². The maximum absolute atomic E-state index is 12.6. The van der Waals surface area contributed by atoms with Gasteiger partial charge in [0.05, 0.1) is 12.1 Å². The van der Waals surface area contributed by atoms with Crippen LogP contribution in [0.1, 0.15) is 6.92 Å². The Morgan fingerprint density at radius 1 is 1.07 bits per heavy atom. The van der Waals surface area contributed by atoms with Gasteiger partial charge in [0.2, 0.25) is 5.91 Å². The Labute approximate surface area is 173 Å². The van der Waals surface area contributed by atoms with E-state index in [1.54, 1.807) is 10.7 Å². The molecular formula is C23H20ClN3O2. The second-order valence-electron chi connectivity index (χ2n) is 6.54. The lowest BCUT2D eigenvalue weighted by molar-refractivity contribution is -0.116. The topological polar surface area (TPSA) is 56.1 Å². The normalized spacial score (nSPS) is 10.8. The highest BCUT2D eigenvalue weighted by Gasteiger charge is 2.15. The van der Waals surface area contributed by atoms with Gasteiger partial charge in [-0.2, -0.15) is 5.10 Å². The molecule has 1 heterocycles. The molecule has 0 aliphatic heterocycles. The van der Waals surface area contributed by atoms with Gasteiger partial charge in [0.1, 0.15) is 18.0 Å². The molecule has 0 aliphatic rings. The van der Waals surface area contributed by atoms with E-state index in [0.717, 1.165) is 27.9 Å². The second kappa shape index (κ2) is 8.37. The quantitative estimate of drug-likeness (QED) is 0.467. The van der Waals surface area contributed by atoms with Gasteiger partial charge in [0.15, 0.2) is 0 Å². The fourth-order valence-corrected chi connectivity index (χ4v) is 3.39. The summed E-state index contributed by atoms with van der Waals surface area (Å²) in [6.07, 6.45) is 0. The van der Waals surface area contributed by atoms with Gasteiger partial charge in [-0.3, -0.25) is 9.48 Å². The zero-order valence-electron chi connectivity index (χ0n) is 15.9. The number of halogens is 1. The van der Waals surface area contributed by atoms with Gasteiger partial charge < -0.3 is 10.1 Å². The third kappa shape index (κ3) is 4.25. The third-order valence-electron chi connectivity index (χ3n) is 4.50. The minimum Gasteiger partial charge on any atom is -0.494 e. The van der Waals surface area contributed by atoms with Crippen molar-refractivity contribution in [2.75, 3.05) is 11.9 Å². The average Bonchev–Trinajstić information content (AvgIpc) is 3.07. The number of anilines is 1. The smallest absolute Gasteiger partial charge is 0.246 e. The van der Waals surface area contributed by atoms with Crippen LogP contribution in [0.4, 0.5) is 5.69 Å². The number of hydrogen-bond acceptors (Lipinski definition) is 3. The Morgan fingerprint density at radius 3 is 2.55 bits per heavy atom. The van der Waals surface area contributed by atoms with E-state index in [0.29, 0.717) is 17.3 Å². The zero-order valence-corrected chi connectivity index (χ0v) is 16.7. The van der Waals surface area contributed by atoms with Crippen LogP contribution in [0.3, 0.4) is 0 Å². The fraction of sp³-hybridized carbons (Fsp3) is 0.130. The fourth-order valence-electron chi connectivity index (χ4n) is 3.22. The van der Waals surface area contributed by atoms with Gasteiger partial charge >= 0.3 is 0 Å². The number of ether oxygens (including phenoxy) is 1. The van der Waals surface area contributed by atoms with Crippen LogP contribution >= 0.6 is 11.6 Å². The van der Waals surface area contributed by atoms with Crippen LogP contribution in [0, 0.1) is 0 Å². The number of fused-ring (bicyclic) bond motifs is 1. The summed E-state index contributed by atoms with van der Waals surface area (Å²) < 4.78 is 7.13. The molecule has 1 N–H and O–H groups in total. The molecular weight excluding hydrogens is 386 g/mol. The van der Waals surface area contributed by atoms with Crippen molar-refractivity contribution < 1.29 is 9.53 Å². The minimum atomic E-state index is -0.159. The molecule has 3 aromatic carbocycles. The number of hydrogen-bond donors (Lipinski definition) is 1. The van der Waals surface area contributed by atoms with Crippen LogP contribution in [-0.4, -0.2) is 22.3 Å². The van der Waals surface area contributed by atoms with E-state index < -0.39 is 0 Å². The highest BCUT2D eigenvalue weighted by Crippen LogP contribution is 2.30. The standard InChI is InChI=1S/C23H20ClN3O2/c1-2-29-19-11-9-18(10-12-19)25-22(28)15-27-21-13-8-17(24)14-20(21)23(26-27)16-6-4-3-5-7-16/h3-14H,2,15H2,1H3,(H,25,28). The van der Waals surface area contributed by atoms with E-state index in [4.69, 9.17) is 21.4 Å². The molecule has 0 unspecified atom stereocenters. The first-order chi connectivity index (χ1) is 14.1. The molecule has 1 amide bonds. The van der Waals surface area contributed by atoms with Crippen molar-refractivity contribution in [2.24, 2.45) is 0 Å². The Morgan fingerprint density at radius 2 is 1.83 bits per heavy atom. The minimum absolute atomic E-state index is 0.0954. The molecule has 6 heteroatoms. The first-order valence-corrected chi connectivity index (χ1v) is 9.76. The summed E-state index contributed by atoms with van der Waals surface area (Å²) in [6, 6.07) is 22.7. The summed E-state index contributed by atoms with van der Waals surface area (Å²) in [6.45, 7) is 2.63. The number of nitrogens with zero attached hydrogens (tertiary/aromatic N) is 2. The molecule has 1 aromatic heterocycles. The largest absolute Gasteiger partial charge is 0.494 e. The van der Waals surface area contributed by atoms with Crippen molar-refractivity contribution in [2.45, 2.75) is 13.5 Å². The van der Waals surface area contributed by atoms with Crippen LogP contribution in [0.2, 0.25) is 5.02 Å². The van der Waals surface area contributed by atoms with Crippen molar-refractivity contribution in [3.63, 3.8) is 0 Å². The van der Waals surface area contributed by atoms with E-state index >= 15 is 0 Å². The average molecular weight is 406 g/mol. The predicted molar refractivity (Wildman–Crippen MR) is 116 cm³/mol. The van der Waals surface area contributed by atoms with Crippen LogP contribution in [0.5, 0.6) is 5.75 Å². The monoisotopic (exact) mass is 405 g/mol. The van der Waals surface area contributed by atoms with Crippen LogP contribution in [0.15, 0.2) is 72.8 Å². The number of aromatic nitrogens is 2. The number of amides is 1. The number of nitrogens with one attached hydrogen (secondary N) is 1. The summed E-state index contributed by atoms with van der Waals surface area (Å²) in [5.41, 5.74) is 3.35. The van der Waals surface area contributed by atoms with E-state index in [1.165, 1.54) is 0 Å². The Kier molecular flexibility index (Phi) is 5.49. The molecule has 0 spiro atoms. The molecule has 146 valence electrons. The summed E-state index contributed by atoms with van der Waals surface area (Å²) >= 11 is 6.21. The SMILES string of the molecule is CCOc1ccc(NC(=O)Cn2nc(-c3ccccc3)c3cc(Cl)ccc32)cc1. The maximum Gasteiger partial charge on any atom is 0.246 e. The van der Waals surface area contributed by atoms with Crippen LogP contribution in [-0.2, 0) is 11.3 Å². The van der Waals surface area contributed by atoms with E-state index in [1.807, 2.05) is 73.7 Å². The van der Waals surface area contributed by atoms with Crippen molar-refractivity contribution in [3.05, 3.63) is 77.8 Å². The number of benzene rings is 3. The lowest BCUT2D eigenvalue weighted by Gasteiger charge is -2.08. The van der Waals surface area contributed by atoms with E-state index in [-0.39, 0.29) is 12.5 Å². The van der Waals surface area contributed by atoms with Crippen molar-refractivity contribution in [1.29, 1.82) is 0 Å². The lowest BCUT2D eigenvalue weighted by atomic mass is 10.1. The number of rotatable bonds is 6. The van der Waals surface area contributed by atoms with Crippen molar-refractivity contribution in [3.8, 4) is 17.0 Å². The Bertz CT molecular complexity index is 1140. The second-order valence-corrected chi connectivity index (χ2v) is 6.98. The molecule has 4 rings (SSSR count). The van der Waals surface area contributed by atoms with Gasteiger partial charge in [-0.15, -0.1) is 0 Å². The molecule has 0 saturated heterocycles. The summed E-state index contributed by atoms with van der Waals surface area (Å²) in [4.78, 5) is 12.6. The Hall–Kier alpha value is -3.31. The third-order valence-corrected chi connectivity index (χ3v) is 4.74. The first-order valence-electron chi connectivity index (χ1n) is 9.38. The van der Waals surface area contributed by atoms with Gasteiger partial charge in [-0.1, -0.05) is 41.9 Å². The van der Waals surface area contributed by atoms with Crippen molar-refractivity contribution >= 4 is 34.1 Å². The lowest BCUT2D eigenvalue weighted by Crippen LogP contribution is -2.19. The highest BCUT2D eigenvalue weighted by molar-refractivity contribution is 6.31. The molecule has 0 aliphatic carbocycles. The van der Waals surface area contributed by atoms with Gasteiger partial charge in [0, 0.05) is 21.7 Å². The van der Waals surface area contributed by atoms with E-state index in [9.17, 15) is 4.79 Å². The molecule has 4 aromatic rings. The summed E-state index contributed by atoms with van der Waals surface area (Å²) in [5, 5.41) is 9.15. The molecule has 5 nitrogen and oxygen atoms in total. The predicted octanol–water partition coefficient (Wildman–Crippen LogP) is 5.39. The summed E-state index contributed by atoms with van der Waals surface area (Å²) in [7, 11) is 0. The van der Waals surface area contributed by atoms with Crippen LogP contribution < -0.4 is 10.1 Å².